The molecule has 1 amide bonds. The van der Waals surface area contributed by atoms with Crippen molar-refractivity contribution in [3.8, 4) is 0 Å². The minimum absolute atomic E-state index is 0.0557. The minimum atomic E-state index is 0.0557. The Labute approximate surface area is 181 Å². The maximum Gasteiger partial charge on any atom is 0.255 e. The first-order valence-electron chi connectivity index (χ1n) is 11.2. The molecule has 3 aliphatic rings. The van der Waals surface area contributed by atoms with Crippen LogP contribution in [0.25, 0.3) is 17.2 Å². The number of rotatable bonds is 2. The Morgan fingerprint density at radius 3 is 2.74 bits per heavy atom. The van der Waals surface area contributed by atoms with Crippen LogP contribution in [-0.4, -0.2) is 51.6 Å². The van der Waals surface area contributed by atoms with Crippen molar-refractivity contribution in [1.29, 1.82) is 0 Å². The van der Waals surface area contributed by atoms with Gasteiger partial charge in [0.25, 0.3) is 5.91 Å². The van der Waals surface area contributed by atoms with Crippen molar-refractivity contribution in [3.63, 3.8) is 0 Å². The van der Waals surface area contributed by atoms with E-state index in [-0.39, 0.29) is 11.3 Å². The van der Waals surface area contributed by atoms with E-state index in [0.29, 0.717) is 11.6 Å². The van der Waals surface area contributed by atoms with E-state index >= 15 is 0 Å². The molecule has 1 aliphatic carbocycles. The average Bonchev–Trinajstić information content (AvgIpc) is 3.42. The molecule has 2 saturated heterocycles. The van der Waals surface area contributed by atoms with Gasteiger partial charge in [-0.25, -0.2) is 9.97 Å². The number of hydrogen-bond acceptors (Lipinski definition) is 4. The number of imidazole rings is 1. The molecule has 4 heterocycles. The molecular formula is C25H26N4O2. The lowest BCUT2D eigenvalue weighted by Gasteiger charge is -2.39. The van der Waals surface area contributed by atoms with Gasteiger partial charge in [0.1, 0.15) is 5.52 Å². The number of hydrogen-bond donors (Lipinski definition) is 0. The molecule has 0 atom stereocenters. The van der Waals surface area contributed by atoms with Crippen LogP contribution in [0, 0.1) is 0 Å². The lowest BCUT2D eigenvalue weighted by Crippen LogP contribution is -2.44. The summed E-state index contributed by atoms with van der Waals surface area (Å²) in [5, 5.41) is 0. The Balaban J connectivity index is 1.19. The van der Waals surface area contributed by atoms with Gasteiger partial charge in [0.15, 0.2) is 5.65 Å². The highest BCUT2D eigenvalue weighted by Gasteiger charge is 2.39. The maximum atomic E-state index is 13.2. The summed E-state index contributed by atoms with van der Waals surface area (Å²) in [5.74, 6) is 0.0557. The van der Waals surface area contributed by atoms with Gasteiger partial charge >= 0.3 is 0 Å². The third kappa shape index (κ3) is 3.08. The van der Waals surface area contributed by atoms with E-state index in [4.69, 9.17) is 4.74 Å². The molecule has 158 valence electrons. The van der Waals surface area contributed by atoms with Crippen molar-refractivity contribution in [3.05, 3.63) is 65.6 Å². The summed E-state index contributed by atoms with van der Waals surface area (Å²) in [5.41, 5.74) is 5.08. The van der Waals surface area contributed by atoms with E-state index < -0.39 is 0 Å². The molecule has 0 bridgehead atoms. The first kappa shape index (κ1) is 18.8. The number of aromatic nitrogens is 3. The monoisotopic (exact) mass is 414 g/mol. The average molecular weight is 415 g/mol. The molecule has 0 radical (unpaired) electrons. The number of carbonyl (C=O) groups excluding carboxylic acids is 1. The number of likely N-dealkylation sites (tertiary alicyclic amines) is 1. The van der Waals surface area contributed by atoms with Crippen LogP contribution in [0.5, 0.6) is 0 Å². The van der Waals surface area contributed by atoms with Crippen LogP contribution in [-0.2, 0) is 10.2 Å². The maximum absolute atomic E-state index is 13.2. The van der Waals surface area contributed by atoms with Gasteiger partial charge in [0.2, 0.25) is 0 Å². The molecule has 1 spiro atoms. The summed E-state index contributed by atoms with van der Waals surface area (Å²) in [6.45, 7) is 3.06. The summed E-state index contributed by atoms with van der Waals surface area (Å²) in [4.78, 5) is 24.4. The van der Waals surface area contributed by atoms with Gasteiger partial charge in [-0.3, -0.25) is 4.79 Å². The number of carbonyl (C=O) groups is 1. The second kappa shape index (κ2) is 7.31. The minimum Gasteiger partial charge on any atom is -0.381 e. The Hall–Kier alpha value is -2.99. The quantitative estimate of drug-likeness (QED) is 0.636. The van der Waals surface area contributed by atoms with E-state index in [1.165, 1.54) is 11.1 Å². The first-order valence-corrected chi connectivity index (χ1v) is 11.2. The number of fused-ring (bicyclic) bond motifs is 3. The van der Waals surface area contributed by atoms with Gasteiger partial charge in [-0.15, -0.1) is 0 Å². The molecule has 0 saturated carbocycles. The zero-order valence-corrected chi connectivity index (χ0v) is 17.5. The molecule has 6 heteroatoms. The Morgan fingerprint density at radius 1 is 1.10 bits per heavy atom. The molecule has 2 aliphatic heterocycles. The number of nitrogens with zero attached hydrogens (tertiary/aromatic N) is 4. The largest absolute Gasteiger partial charge is 0.381 e. The second-order valence-corrected chi connectivity index (χ2v) is 8.93. The summed E-state index contributed by atoms with van der Waals surface area (Å²) in [6, 6.07) is 10.9. The summed E-state index contributed by atoms with van der Waals surface area (Å²) >= 11 is 0. The van der Waals surface area contributed by atoms with Crippen LogP contribution in [0.4, 0.5) is 0 Å². The molecule has 0 unspecified atom stereocenters. The van der Waals surface area contributed by atoms with Crippen LogP contribution >= 0.6 is 0 Å². The molecule has 2 aromatic heterocycles. The summed E-state index contributed by atoms with van der Waals surface area (Å²) < 4.78 is 7.61. The lowest BCUT2D eigenvalue weighted by molar-refractivity contribution is 0.0690. The predicted molar refractivity (Wildman–Crippen MR) is 119 cm³/mol. The molecule has 2 fully saturated rings. The first-order chi connectivity index (χ1) is 15.2. The number of benzene rings is 1. The highest BCUT2D eigenvalue weighted by Crippen LogP contribution is 2.43. The zero-order chi connectivity index (χ0) is 20.8. The van der Waals surface area contributed by atoms with Gasteiger partial charge in [0, 0.05) is 44.0 Å². The van der Waals surface area contributed by atoms with E-state index in [1.54, 1.807) is 6.20 Å². The number of amides is 1. The molecule has 3 aromatic rings. The molecular weight excluding hydrogens is 388 g/mol. The fourth-order valence-electron chi connectivity index (χ4n) is 5.43. The topological polar surface area (TPSA) is 60.3 Å². The Bertz CT molecular complexity index is 1170. The van der Waals surface area contributed by atoms with E-state index in [1.807, 2.05) is 17.3 Å². The van der Waals surface area contributed by atoms with Gasteiger partial charge < -0.3 is 14.2 Å². The fourth-order valence-corrected chi connectivity index (χ4v) is 5.43. The number of pyridine rings is 1. The lowest BCUT2D eigenvalue weighted by atomic mass is 9.74. The van der Waals surface area contributed by atoms with Crippen molar-refractivity contribution in [1.82, 2.24) is 19.4 Å². The van der Waals surface area contributed by atoms with Crippen molar-refractivity contribution in [2.45, 2.75) is 37.1 Å². The molecule has 0 N–H and O–H groups in total. The van der Waals surface area contributed by atoms with Crippen LogP contribution in [0.2, 0.25) is 0 Å². The van der Waals surface area contributed by atoms with E-state index in [0.717, 1.165) is 63.2 Å². The van der Waals surface area contributed by atoms with Gasteiger partial charge in [-0.2, -0.15) is 0 Å². The van der Waals surface area contributed by atoms with E-state index in [9.17, 15) is 4.79 Å². The van der Waals surface area contributed by atoms with Crippen molar-refractivity contribution < 1.29 is 9.53 Å². The third-order valence-electron chi connectivity index (χ3n) is 7.27. The highest BCUT2D eigenvalue weighted by atomic mass is 16.5. The molecule has 6 rings (SSSR count). The molecule has 6 nitrogen and oxygen atoms in total. The molecule has 1 aromatic carbocycles. The summed E-state index contributed by atoms with van der Waals surface area (Å²) in [7, 11) is 0. The predicted octanol–water partition coefficient (Wildman–Crippen LogP) is 3.98. The van der Waals surface area contributed by atoms with Crippen molar-refractivity contribution in [2.75, 3.05) is 26.3 Å². The number of ether oxygens (including phenoxy) is 1. The zero-order valence-electron chi connectivity index (χ0n) is 17.5. The standard InChI is InChI=1S/C25H26N4O2/c30-24(28-11-9-25(10-12-28)8-5-18-3-1-2-4-21(18)25)19-15-22-23(26-16-19)29(17-27-22)20-6-13-31-14-7-20/h1-5,8,15-17,20H,6-7,9-14H2. The smallest absolute Gasteiger partial charge is 0.255 e. The van der Waals surface area contributed by atoms with Gasteiger partial charge in [0.05, 0.1) is 11.9 Å². The van der Waals surface area contributed by atoms with Crippen molar-refractivity contribution >= 4 is 23.1 Å². The SMILES string of the molecule is O=C(c1cnc2c(c1)ncn2C1CCOCC1)N1CCC2(C=Cc3ccccc32)CC1. The third-order valence-corrected chi connectivity index (χ3v) is 7.27. The van der Waals surface area contributed by atoms with Gasteiger partial charge in [-0.05, 0) is 42.9 Å². The van der Waals surface area contributed by atoms with Gasteiger partial charge in [-0.1, -0.05) is 36.4 Å². The second-order valence-electron chi connectivity index (χ2n) is 8.93. The highest BCUT2D eigenvalue weighted by molar-refractivity contribution is 5.96. The Morgan fingerprint density at radius 2 is 1.90 bits per heavy atom. The normalized spacial score (nSPS) is 20.5. The fraction of sp³-hybridized carbons (Fsp3) is 0.400. The number of allylic oxidation sites excluding steroid dienone is 1. The van der Waals surface area contributed by atoms with Crippen LogP contribution in [0.15, 0.2) is 48.9 Å². The summed E-state index contributed by atoms with van der Waals surface area (Å²) in [6.07, 6.45) is 12.0. The van der Waals surface area contributed by atoms with Crippen molar-refractivity contribution in [2.24, 2.45) is 0 Å². The van der Waals surface area contributed by atoms with Crippen LogP contribution in [0.1, 0.15) is 53.2 Å². The Kier molecular flexibility index (Phi) is 4.42. The number of piperidine rings is 1. The van der Waals surface area contributed by atoms with Crippen LogP contribution < -0.4 is 0 Å². The van der Waals surface area contributed by atoms with Crippen LogP contribution in [0.3, 0.4) is 0 Å². The molecule has 31 heavy (non-hydrogen) atoms. The van der Waals surface area contributed by atoms with E-state index in [2.05, 4.69) is 51.0 Å².